The molecule has 41 heavy (non-hydrogen) atoms. The Morgan fingerprint density at radius 2 is 1.80 bits per heavy atom. The molecule has 0 bridgehead atoms. The summed E-state index contributed by atoms with van der Waals surface area (Å²) in [5.74, 6) is -1.49. The molecule has 214 valence electrons. The second kappa shape index (κ2) is 12.6. The molecule has 4 rings (SSSR count). The standard InChI is InChI=1S/C28H21ClF4N2O5S/c1-2-39-22-11-17(10-21(29)25(22)40-15-16-6-8-19(30)9-7-16)12-23-26(37)35(27(38)41-23)14-24(36)34-20-5-3-4-18(13-20)28(31,32)33/h3-13H,2,14-15H2,1H3,(H,34,36)/b23-12-. The van der Waals surface area contributed by atoms with Crippen LogP contribution in [0.5, 0.6) is 11.5 Å². The first-order valence-corrected chi connectivity index (χ1v) is 13.2. The number of benzene rings is 3. The van der Waals surface area contributed by atoms with Crippen molar-refractivity contribution in [1.82, 2.24) is 4.90 Å². The van der Waals surface area contributed by atoms with Gasteiger partial charge in [0, 0.05) is 5.69 Å². The number of hydrogen-bond donors (Lipinski definition) is 1. The van der Waals surface area contributed by atoms with E-state index >= 15 is 0 Å². The Morgan fingerprint density at radius 1 is 1.07 bits per heavy atom. The Labute approximate surface area is 241 Å². The first-order valence-electron chi connectivity index (χ1n) is 12.0. The molecule has 3 amide bonds. The number of carbonyl (C=O) groups excluding carboxylic acids is 3. The van der Waals surface area contributed by atoms with Crippen LogP contribution in [0, 0.1) is 5.82 Å². The first-order chi connectivity index (χ1) is 19.4. The highest BCUT2D eigenvalue weighted by Gasteiger charge is 2.36. The van der Waals surface area contributed by atoms with Crippen LogP contribution in [0.2, 0.25) is 5.02 Å². The van der Waals surface area contributed by atoms with E-state index in [0.717, 1.165) is 18.2 Å². The van der Waals surface area contributed by atoms with E-state index in [1.165, 1.54) is 30.3 Å². The van der Waals surface area contributed by atoms with Crippen molar-refractivity contribution >= 4 is 52.2 Å². The van der Waals surface area contributed by atoms with Gasteiger partial charge in [0.1, 0.15) is 19.0 Å². The number of nitrogens with one attached hydrogen (secondary N) is 1. The molecule has 1 N–H and O–H groups in total. The van der Waals surface area contributed by atoms with E-state index in [4.69, 9.17) is 21.1 Å². The largest absolute Gasteiger partial charge is 0.490 e. The maximum absolute atomic E-state index is 13.2. The lowest BCUT2D eigenvalue weighted by Gasteiger charge is -2.15. The van der Waals surface area contributed by atoms with Crippen LogP contribution in [-0.4, -0.2) is 35.1 Å². The van der Waals surface area contributed by atoms with Gasteiger partial charge >= 0.3 is 6.18 Å². The van der Waals surface area contributed by atoms with Crippen molar-refractivity contribution in [3.8, 4) is 11.5 Å². The van der Waals surface area contributed by atoms with Gasteiger partial charge in [-0.05, 0) is 78.4 Å². The van der Waals surface area contributed by atoms with Crippen molar-refractivity contribution in [2.75, 3.05) is 18.5 Å². The number of ether oxygens (including phenoxy) is 2. The smallest absolute Gasteiger partial charge is 0.416 e. The van der Waals surface area contributed by atoms with Gasteiger partial charge in [0.15, 0.2) is 11.5 Å². The predicted octanol–water partition coefficient (Wildman–Crippen LogP) is 7.15. The summed E-state index contributed by atoms with van der Waals surface area (Å²) in [6.45, 7) is 1.41. The molecule has 1 aliphatic heterocycles. The van der Waals surface area contributed by atoms with Crippen LogP contribution in [-0.2, 0) is 22.4 Å². The second-order valence-corrected chi connectivity index (χ2v) is 9.97. The molecule has 1 heterocycles. The predicted molar refractivity (Wildman–Crippen MR) is 146 cm³/mol. The van der Waals surface area contributed by atoms with Gasteiger partial charge in [-0.3, -0.25) is 19.3 Å². The molecule has 3 aromatic rings. The highest BCUT2D eigenvalue weighted by atomic mass is 35.5. The molecular weight excluding hydrogens is 588 g/mol. The van der Waals surface area contributed by atoms with Crippen LogP contribution in [0.25, 0.3) is 6.08 Å². The van der Waals surface area contributed by atoms with Gasteiger partial charge < -0.3 is 14.8 Å². The summed E-state index contributed by atoms with van der Waals surface area (Å²) in [7, 11) is 0. The van der Waals surface area contributed by atoms with Crippen molar-refractivity contribution in [3.05, 3.63) is 93.1 Å². The molecule has 7 nitrogen and oxygen atoms in total. The van der Waals surface area contributed by atoms with Crippen LogP contribution in [0.15, 0.2) is 65.6 Å². The van der Waals surface area contributed by atoms with E-state index in [1.807, 2.05) is 0 Å². The van der Waals surface area contributed by atoms with Gasteiger partial charge in [0.05, 0.1) is 22.1 Å². The lowest BCUT2D eigenvalue weighted by molar-refractivity contribution is -0.137. The van der Waals surface area contributed by atoms with Crippen LogP contribution in [0.3, 0.4) is 0 Å². The Morgan fingerprint density at radius 3 is 2.49 bits per heavy atom. The molecule has 0 spiro atoms. The molecule has 1 fully saturated rings. The summed E-state index contributed by atoms with van der Waals surface area (Å²) in [6, 6.07) is 12.8. The number of thioether (sulfide) groups is 1. The van der Waals surface area contributed by atoms with E-state index in [-0.39, 0.29) is 46.1 Å². The molecule has 3 aromatic carbocycles. The average Bonchev–Trinajstić information content (AvgIpc) is 3.16. The number of imide groups is 1. The van der Waals surface area contributed by atoms with E-state index in [0.29, 0.717) is 27.8 Å². The normalized spacial score (nSPS) is 14.5. The number of amides is 3. The number of alkyl halides is 3. The molecule has 0 atom stereocenters. The summed E-state index contributed by atoms with van der Waals surface area (Å²) in [5, 5.41) is 1.70. The number of nitrogens with zero attached hydrogens (tertiary/aromatic N) is 1. The lowest BCUT2D eigenvalue weighted by atomic mass is 10.1. The quantitative estimate of drug-likeness (QED) is 0.205. The zero-order chi connectivity index (χ0) is 29.7. The second-order valence-electron chi connectivity index (χ2n) is 8.57. The molecule has 0 saturated carbocycles. The molecule has 0 aromatic heterocycles. The summed E-state index contributed by atoms with van der Waals surface area (Å²) in [5.41, 5.74) is 0.0137. The van der Waals surface area contributed by atoms with E-state index in [2.05, 4.69) is 5.32 Å². The number of anilines is 1. The highest BCUT2D eigenvalue weighted by Crippen LogP contribution is 2.39. The average molecular weight is 609 g/mol. The summed E-state index contributed by atoms with van der Waals surface area (Å²) in [4.78, 5) is 38.5. The van der Waals surface area contributed by atoms with Crippen molar-refractivity contribution in [2.24, 2.45) is 0 Å². The van der Waals surface area contributed by atoms with Crippen molar-refractivity contribution < 1.29 is 41.4 Å². The summed E-state index contributed by atoms with van der Waals surface area (Å²) < 4.78 is 63.4. The van der Waals surface area contributed by atoms with Crippen molar-refractivity contribution in [1.29, 1.82) is 0 Å². The summed E-state index contributed by atoms with van der Waals surface area (Å²) >= 11 is 7.03. The number of halogens is 5. The highest BCUT2D eigenvalue weighted by molar-refractivity contribution is 8.18. The minimum absolute atomic E-state index is 0.000337. The molecule has 13 heteroatoms. The molecular formula is C28H21ClF4N2O5S. The maximum Gasteiger partial charge on any atom is 0.416 e. The maximum atomic E-state index is 13.2. The van der Waals surface area contributed by atoms with Gasteiger partial charge in [-0.15, -0.1) is 0 Å². The van der Waals surface area contributed by atoms with Crippen LogP contribution in [0.1, 0.15) is 23.6 Å². The molecule has 0 unspecified atom stereocenters. The Balaban J connectivity index is 1.47. The van der Waals surface area contributed by atoms with Crippen LogP contribution >= 0.6 is 23.4 Å². The zero-order valence-corrected chi connectivity index (χ0v) is 22.8. The topological polar surface area (TPSA) is 84.9 Å². The van der Waals surface area contributed by atoms with Gasteiger partial charge in [-0.2, -0.15) is 13.2 Å². The van der Waals surface area contributed by atoms with Gasteiger partial charge in [-0.1, -0.05) is 29.8 Å². The first kappa shape index (κ1) is 29.9. The van der Waals surface area contributed by atoms with Crippen LogP contribution in [0.4, 0.5) is 28.0 Å². The number of carbonyl (C=O) groups is 3. The Kier molecular flexibility index (Phi) is 9.24. The summed E-state index contributed by atoms with van der Waals surface area (Å²) in [6.07, 6.45) is -3.20. The van der Waals surface area contributed by atoms with Crippen molar-refractivity contribution in [2.45, 2.75) is 19.7 Å². The molecule has 1 saturated heterocycles. The van der Waals surface area contributed by atoms with E-state index < -0.39 is 35.3 Å². The minimum Gasteiger partial charge on any atom is -0.490 e. The SMILES string of the molecule is CCOc1cc(/C=C2\SC(=O)N(CC(=O)Nc3cccc(C(F)(F)F)c3)C2=O)cc(Cl)c1OCc1ccc(F)cc1. The molecule has 1 aliphatic rings. The third-order valence-corrected chi connectivity index (χ3v) is 6.76. The minimum atomic E-state index is -4.60. The molecule has 0 radical (unpaired) electrons. The fourth-order valence-electron chi connectivity index (χ4n) is 3.72. The van der Waals surface area contributed by atoms with Gasteiger partial charge in [-0.25, -0.2) is 4.39 Å². The van der Waals surface area contributed by atoms with E-state index in [1.54, 1.807) is 25.1 Å². The third-order valence-electron chi connectivity index (χ3n) is 5.57. The fourth-order valence-corrected chi connectivity index (χ4v) is 4.83. The fraction of sp³-hybridized carbons (Fsp3) is 0.179. The number of hydrogen-bond acceptors (Lipinski definition) is 6. The van der Waals surface area contributed by atoms with E-state index in [9.17, 15) is 31.9 Å². The molecule has 0 aliphatic carbocycles. The number of rotatable bonds is 9. The van der Waals surface area contributed by atoms with Crippen LogP contribution < -0.4 is 14.8 Å². The zero-order valence-electron chi connectivity index (χ0n) is 21.3. The monoisotopic (exact) mass is 608 g/mol. The lowest BCUT2D eigenvalue weighted by Crippen LogP contribution is -2.36. The van der Waals surface area contributed by atoms with Gasteiger partial charge in [0.2, 0.25) is 5.91 Å². The Hall–Kier alpha value is -4.03. The van der Waals surface area contributed by atoms with Crippen molar-refractivity contribution in [3.63, 3.8) is 0 Å². The van der Waals surface area contributed by atoms with Gasteiger partial charge in [0.25, 0.3) is 11.1 Å². The Bertz CT molecular complexity index is 1510. The third kappa shape index (κ3) is 7.59.